The Morgan fingerprint density at radius 1 is 0.670 bits per heavy atom. The number of Topliss-reactive ketones (excluding diaryl/α,β-unsaturated/α-hetero) is 4. The number of methoxy groups -OCH3 is 2. The number of benzene rings is 1. The van der Waals surface area contributed by atoms with E-state index < -0.39 is 161 Å². The van der Waals surface area contributed by atoms with Crippen molar-refractivity contribution in [3.05, 3.63) is 102 Å². The maximum Gasteiger partial charge on any atom is 0.420 e. The maximum absolute atomic E-state index is 14.7. The number of carbonyl (C=O) groups is 9. The topological polar surface area (TPSA) is 334 Å². The van der Waals surface area contributed by atoms with E-state index in [1.807, 2.05) is 75.6 Å². The molecular weight excluding hydrogens is 1520 g/mol. The molecule has 1 N–H and O–H groups in total. The van der Waals surface area contributed by atoms with E-state index in [1.165, 1.54) is 52.9 Å². The Labute approximate surface area is 685 Å². The Morgan fingerprint density at radius 3 is 1.77 bits per heavy atom. The number of ether oxygens (including phenoxy) is 11. The van der Waals surface area contributed by atoms with Gasteiger partial charge in [0.1, 0.15) is 47.4 Å². The second-order valence-electron chi connectivity index (χ2n) is 32.9. The number of aliphatic hydroxyl groups is 1. The number of aliphatic hydroxyl groups excluding tert-OH is 1. The second kappa shape index (κ2) is 40.4. The third-order valence-corrected chi connectivity index (χ3v) is 24.1. The van der Waals surface area contributed by atoms with Crippen LogP contribution in [0.4, 0.5) is 9.59 Å². The first-order chi connectivity index (χ1) is 53.6. The summed E-state index contributed by atoms with van der Waals surface area (Å²) in [4.78, 5) is 144. The highest BCUT2D eigenvalue weighted by Gasteiger charge is 2.61. The molecule has 4 fully saturated rings. The largest absolute Gasteiger partial charge is 0.458 e. The van der Waals surface area contributed by atoms with Crippen molar-refractivity contribution >= 4 is 74.7 Å². The van der Waals surface area contributed by atoms with Gasteiger partial charge in [-0.1, -0.05) is 78.3 Å². The Balaban J connectivity index is 0.000000316. The number of allylic oxidation sites excluding steroid dienone is 1. The number of unbranched alkanes of at least 4 members (excludes halogenated alkanes) is 1. The molecule has 1 unspecified atom stereocenters. The minimum atomic E-state index is -1.61. The van der Waals surface area contributed by atoms with E-state index in [2.05, 4.69) is 15.0 Å². The van der Waals surface area contributed by atoms with Gasteiger partial charge in [-0.3, -0.25) is 28.8 Å². The van der Waals surface area contributed by atoms with Gasteiger partial charge in [-0.05, 0) is 178 Å². The molecule has 29 nitrogen and oxygen atoms in total. The molecule has 0 aliphatic carbocycles. The summed E-state index contributed by atoms with van der Waals surface area (Å²) in [5.74, 6) is -10.2. The SMILES string of the molecule is CC[C@H]1OC(=O)[C@H](C)C(=O)[C@H](C)[C@@H](O[C@@H]2O[C@H](C)C[C@H](N(C)C)[C@H]2O)[C@@](C)(OC)C[C@@H](C)C(=O)[C@H](C)[C@H]2N(CCCCn3cnc(-c4cccnc4Cl)c3)C(=O)O[C@]12C.CC[C@H]1OC(=O)[C@H](C)C(=O)[C@H](C)[C@@H](O[C@@H]2O[C@H](C)C[C@H](N(C)C)[C@H]2OC(=O)c2ccccc2)[C@@](C)(OC)C[C@@H](C)C(=O)/C(C)=C/[C@]1(C)OC(=O)n1ccnc1.P. The lowest BCUT2D eigenvalue weighted by Gasteiger charge is -2.47. The van der Waals surface area contributed by atoms with Crippen molar-refractivity contribution in [2.75, 3.05) is 49.0 Å². The number of esters is 3. The van der Waals surface area contributed by atoms with Crippen LogP contribution in [-0.2, 0) is 87.4 Å². The summed E-state index contributed by atoms with van der Waals surface area (Å²) < 4.78 is 71.7. The van der Waals surface area contributed by atoms with Gasteiger partial charge in [-0.2, -0.15) is 9.90 Å². The summed E-state index contributed by atoms with van der Waals surface area (Å²) in [5.41, 5.74) is -3.59. The first kappa shape index (κ1) is 94.9. The molecule has 0 bridgehead atoms. The number of likely N-dealkylation sites (N-methyl/N-ethyl adjacent to an activating group) is 2. The monoisotopic (exact) mass is 1650 g/mol. The zero-order valence-corrected chi connectivity index (χ0v) is 73.1. The van der Waals surface area contributed by atoms with Crippen molar-refractivity contribution in [2.45, 2.75) is 271 Å². The molecule has 1 amide bonds. The average molecular weight is 1650 g/mol. The first-order valence-corrected chi connectivity index (χ1v) is 40.1. The van der Waals surface area contributed by atoms with Gasteiger partial charge in [0, 0.05) is 93.3 Å². The Hall–Kier alpha value is -7.28. The first-order valence-electron chi connectivity index (χ1n) is 39.7. The average Bonchev–Trinajstić information content (AvgIpc) is 1.73. The quantitative estimate of drug-likeness (QED) is 0.0228. The van der Waals surface area contributed by atoms with Gasteiger partial charge in [0.15, 0.2) is 47.2 Å². The molecular formula is C84H124ClN8O21P. The molecule has 0 saturated carbocycles. The van der Waals surface area contributed by atoms with E-state index in [1.54, 1.807) is 130 Å². The zero-order chi connectivity index (χ0) is 84.4. The molecule has 4 aromatic rings. The number of imidazole rings is 2. The fraction of sp³-hybridized carbons (Fsp3) is 0.667. The summed E-state index contributed by atoms with van der Waals surface area (Å²) in [5, 5.41) is 11.8. The normalized spacial score (nSPS) is 35.3. The van der Waals surface area contributed by atoms with Crippen LogP contribution in [0.5, 0.6) is 0 Å². The van der Waals surface area contributed by atoms with Crippen LogP contribution >= 0.6 is 21.5 Å². The number of carbonyl (C=O) groups excluding carboxylic acids is 9. The van der Waals surface area contributed by atoms with E-state index in [9.17, 15) is 48.3 Å². The maximum atomic E-state index is 14.7. The molecule has 9 rings (SSSR count). The van der Waals surface area contributed by atoms with Gasteiger partial charge in [0.25, 0.3) is 0 Å². The number of rotatable bonds is 19. The summed E-state index contributed by atoms with van der Waals surface area (Å²) in [6.07, 6.45) is 3.32. The van der Waals surface area contributed by atoms with Crippen molar-refractivity contribution < 1.29 is 100 Å². The number of halogens is 1. The molecule has 25 atom stereocenters. The number of pyridine rings is 1. The number of ketones is 4. The van der Waals surface area contributed by atoms with Crippen LogP contribution in [0.2, 0.25) is 5.15 Å². The third-order valence-electron chi connectivity index (χ3n) is 23.8. The van der Waals surface area contributed by atoms with Crippen molar-refractivity contribution in [2.24, 2.45) is 41.4 Å². The summed E-state index contributed by atoms with van der Waals surface area (Å²) in [7, 11) is 10.4. The number of fused-ring (bicyclic) bond motifs is 1. The van der Waals surface area contributed by atoms with Gasteiger partial charge >= 0.3 is 30.1 Å². The molecule has 5 aliphatic heterocycles. The predicted molar refractivity (Wildman–Crippen MR) is 431 cm³/mol. The van der Waals surface area contributed by atoms with E-state index in [0.717, 1.165) is 10.1 Å². The fourth-order valence-electron chi connectivity index (χ4n) is 17.2. The molecule has 5 aliphatic rings. The number of hydrogen-bond acceptors (Lipinski definition) is 26. The smallest absolute Gasteiger partial charge is 0.420 e. The molecule has 638 valence electrons. The highest BCUT2D eigenvalue weighted by atomic mass is 35.5. The van der Waals surface area contributed by atoms with E-state index in [4.69, 9.17) is 63.7 Å². The highest BCUT2D eigenvalue weighted by molar-refractivity contribution is 6.92. The number of nitrogens with zero attached hydrogens (tertiary/aromatic N) is 8. The lowest BCUT2D eigenvalue weighted by molar-refractivity contribution is -0.295. The lowest BCUT2D eigenvalue weighted by Crippen LogP contribution is -2.60. The van der Waals surface area contributed by atoms with Crippen LogP contribution in [0.3, 0.4) is 0 Å². The van der Waals surface area contributed by atoms with Crippen molar-refractivity contribution in [1.29, 1.82) is 0 Å². The molecule has 3 aromatic heterocycles. The Morgan fingerprint density at radius 2 is 1.22 bits per heavy atom. The molecule has 1 aromatic carbocycles. The third kappa shape index (κ3) is 21.8. The number of aryl methyl sites for hydroxylation is 1. The van der Waals surface area contributed by atoms with Crippen molar-refractivity contribution in [1.82, 2.24) is 38.8 Å². The number of amides is 1. The van der Waals surface area contributed by atoms with Crippen LogP contribution in [0.1, 0.15) is 173 Å². The lowest BCUT2D eigenvalue weighted by atomic mass is 9.73. The molecule has 31 heteroatoms. The minimum absolute atomic E-state index is 0. The van der Waals surface area contributed by atoms with Crippen molar-refractivity contribution in [3.8, 4) is 11.3 Å². The Bertz CT molecular complexity index is 4020. The van der Waals surface area contributed by atoms with Gasteiger partial charge in [-0.25, -0.2) is 33.9 Å². The van der Waals surface area contributed by atoms with Crippen LogP contribution in [0, 0.1) is 41.4 Å². The highest BCUT2D eigenvalue weighted by Crippen LogP contribution is 2.45. The van der Waals surface area contributed by atoms with Crippen LogP contribution in [0.25, 0.3) is 11.3 Å². The van der Waals surface area contributed by atoms with Crippen molar-refractivity contribution in [3.63, 3.8) is 0 Å². The summed E-state index contributed by atoms with van der Waals surface area (Å²) >= 11 is 6.28. The number of hydrogen-bond donors (Lipinski definition) is 1. The molecule has 8 heterocycles. The molecule has 0 radical (unpaired) electrons. The fourth-order valence-corrected chi connectivity index (χ4v) is 17.4. The van der Waals surface area contributed by atoms with Gasteiger partial charge in [0.05, 0.1) is 65.3 Å². The second-order valence-corrected chi connectivity index (χ2v) is 33.2. The van der Waals surface area contributed by atoms with Crippen LogP contribution < -0.4 is 0 Å². The predicted octanol–water partition coefficient (Wildman–Crippen LogP) is 11.1. The van der Waals surface area contributed by atoms with Gasteiger partial charge < -0.3 is 76.5 Å². The van der Waals surface area contributed by atoms with Crippen LogP contribution in [0.15, 0.2) is 91.6 Å². The van der Waals surface area contributed by atoms with Crippen LogP contribution in [-0.4, -0.2) is 248 Å². The minimum Gasteiger partial charge on any atom is -0.458 e. The number of aromatic nitrogens is 5. The standard InChI is InChI=1S/C43H64ClN5O10.C41H57N3O11.H3P/c1-12-32-43(8)36(49(41(54)59-43)19-14-13-18-48-22-30(46-23-48)29-16-15-17-45-38(29)44)26(4)33(50)24(2)21-42(7,55-11)37(27(5)34(51)28(6)39(53)57-32)58-40-35(52)31(47(9)10)20-25(3)56-40;1-12-31-40(7,55-39(49)44-19-18-42-23-44)21-24(2)32(45)25(3)22-41(8,50-11)35(27(5)33(46)28(6)36(47)52-31)54-38-34(30(43(9)10)20-26(4)51-38)53-37(48)29-16-14-13-15-17-29;/h15-17,22-28,31-32,35-37,40,52H,12-14,18-21H2,1-11H3;13-19,21,23,25-28,30-31,34-35,38H,12,20,22H2,1-11H3;1H3/b;24-21+;/t24-,25-,26+,27+,28-,31+,32-,35-,36-,37-,40+,42+,43-;25-,26-,27+,28-,30+,31-,34-,35-,38+,40+,41+;/m11./s1. The van der Waals surface area contributed by atoms with Gasteiger partial charge in [0.2, 0.25) is 0 Å². The van der Waals surface area contributed by atoms with Gasteiger partial charge in [-0.15, -0.1) is 0 Å². The number of cyclic esters (lactones) is 2. The van der Waals surface area contributed by atoms with E-state index in [-0.39, 0.29) is 83.6 Å². The van der Waals surface area contributed by atoms with E-state index in [0.29, 0.717) is 48.6 Å². The molecule has 4 saturated heterocycles. The van der Waals surface area contributed by atoms with E-state index >= 15 is 0 Å². The summed E-state index contributed by atoms with van der Waals surface area (Å²) in [6, 6.07) is 10.8. The Kier molecular flexibility index (Phi) is 33.4. The molecule has 0 spiro atoms. The molecule has 115 heavy (non-hydrogen) atoms. The summed E-state index contributed by atoms with van der Waals surface area (Å²) in [6.45, 7) is 28.2. The zero-order valence-electron chi connectivity index (χ0n) is 71.0.